The van der Waals surface area contributed by atoms with E-state index < -0.39 is 18.1 Å². The molecule has 4 rings (SSSR count). The van der Waals surface area contributed by atoms with E-state index in [-0.39, 0.29) is 19.1 Å². The molecule has 1 aliphatic rings. The Morgan fingerprint density at radius 2 is 1.66 bits per heavy atom. The van der Waals surface area contributed by atoms with E-state index in [0.29, 0.717) is 15.1 Å². The van der Waals surface area contributed by atoms with E-state index in [0.717, 1.165) is 22.3 Å². The predicted molar refractivity (Wildman–Crippen MR) is 127 cm³/mol. The number of amides is 1. The zero-order chi connectivity index (χ0) is 22.8. The number of carbonyl (C=O) groups excluding carboxylic acids is 1. The highest BCUT2D eigenvalue weighted by Crippen LogP contribution is 2.44. The summed E-state index contributed by atoms with van der Waals surface area (Å²) in [6.45, 7) is 2.02. The van der Waals surface area contributed by atoms with Gasteiger partial charge >= 0.3 is 12.1 Å². The molecule has 0 saturated carbocycles. The third kappa shape index (κ3) is 4.12. The van der Waals surface area contributed by atoms with Gasteiger partial charge < -0.3 is 9.84 Å². The highest BCUT2D eigenvalue weighted by molar-refractivity contribution is 9.10. The molecule has 3 aromatic carbocycles. The molecule has 1 aliphatic carbocycles. The van der Waals surface area contributed by atoms with Gasteiger partial charge in [-0.3, -0.25) is 4.90 Å². The van der Waals surface area contributed by atoms with Crippen molar-refractivity contribution in [1.29, 1.82) is 0 Å². The fraction of sp³-hybridized carbons (Fsp3) is 0.200. The summed E-state index contributed by atoms with van der Waals surface area (Å²) in [5.74, 6) is -1.24. The summed E-state index contributed by atoms with van der Waals surface area (Å²) >= 11 is 9.36. The fourth-order valence-corrected chi connectivity index (χ4v) is 4.75. The Morgan fingerprint density at radius 1 is 1.06 bits per heavy atom. The SMILES string of the molecule is CCN(C(=O)OCC1c2ccccc2-c2ccccc21)C(C(=O)O)c1ccc(Cl)c(Br)c1. The standard InChI is InChI=1S/C25H21BrClNO4/c1-2-28(23(24(29)30)15-11-12-22(27)21(26)13-15)25(31)32-14-20-18-9-5-3-7-16(18)17-8-4-6-10-19(17)20/h3-13,20,23H,2,14H2,1H3,(H,29,30). The van der Waals surface area contributed by atoms with E-state index in [1.807, 2.05) is 36.4 Å². The zero-order valence-electron chi connectivity index (χ0n) is 17.3. The molecule has 1 amide bonds. The van der Waals surface area contributed by atoms with Crippen LogP contribution < -0.4 is 0 Å². The number of nitrogens with zero attached hydrogens (tertiary/aromatic N) is 1. The first-order chi connectivity index (χ1) is 15.4. The van der Waals surface area contributed by atoms with Crippen molar-refractivity contribution in [3.63, 3.8) is 0 Å². The van der Waals surface area contributed by atoms with Gasteiger partial charge in [0.1, 0.15) is 6.61 Å². The number of hydrogen-bond donors (Lipinski definition) is 1. The van der Waals surface area contributed by atoms with Crippen LogP contribution in [0.1, 0.15) is 35.6 Å². The molecule has 0 saturated heterocycles. The van der Waals surface area contributed by atoms with Gasteiger partial charge in [0.15, 0.2) is 6.04 Å². The molecule has 0 spiro atoms. The number of carboxylic acid groups (broad SMARTS) is 1. The van der Waals surface area contributed by atoms with Gasteiger partial charge in [0.2, 0.25) is 0 Å². The van der Waals surface area contributed by atoms with Gasteiger partial charge in [-0.05, 0) is 62.8 Å². The summed E-state index contributed by atoms with van der Waals surface area (Å²) in [6.07, 6.45) is -0.673. The summed E-state index contributed by atoms with van der Waals surface area (Å²) in [4.78, 5) is 26.3. The van der Waals surface area contributed by atoms with Crippen molar-refractivity contribution in [2.24, 2.45) is 0 Å². The van der Waals surface area contributed by atoms with Crippen molar-refractivity contribution >= 4 is 39.6 Å². The molecule has 1 unspecified atom stereocenters. The largest absolute Gasteiger partial charge is 0.479 e. The van der Waals surface area contributed by atoms with Crippen molar-refractivity contribution in [3.8, 4) is 11.1 Å². The Bertz CT molecular complexity index is 1140. The maximum absolute atomic E-state index is 13.0. The summed E-state index contributed by atoms with van der Waals surface area (Å²) in [5, 5.41) is 10.3. The van der Waals surface area contributed by atoms with Gasteiger partial charge in [-0.25, -0.2) is 9.59 Å². The second-order valence-electron chi connectivity index (χ2n) is 7.50. The van der Waals surface area contributed by atoms with E-state index in [4.69, 9.17) is 16.3 Å². The predicted octanol–water partition coefficient (Wildman–Crippen LogP) is 6.50. The Labute approximate surface area is 199 Å². The number of likely N-dealkylation sites (N-methyl/N-ethyl adjacent to an activating group) is 1. The number of rotatable bonds is 6. The molecule has 0 aliphatic heterocycles. The molecule has 32 heavy (non-hydrogen) atoms. The first-order valence-electron chi connectivity index (χ1n) is 10.2. The average Bonchev–Trinajstić information content (AvgIpc) is 3.11. The highest BCUT2D eigenvalue weighted by atomic mass is 79.9. The van der Waals surface area contributed by atoms with Crippen LogP contribution in [0.5, 0.6) is 0 Å². The Balaban J connectivity index is 1.57. The van der Waals surface area contributed by atoms with Crippen molar-refractivity contribution in [1.82, 2.24) is 4.90 Å². The lowest BCUT2D eigenvalue weighted by molar-refractivity contribution is -0.143. The van der Waals surface area contributed by atoms with Crippen LogP contribution >= 0.6 is 27.5 Å². The maximum Gasteiger partial charge on any atom is 0.410 e. The fourth-order valence-electron chi connectivity index (χ4n) is 4.23. The average molecular weight is 515 g/mol. The molecule has 0 aromatic heterocycles. The maximum atomic E-state index is 13.0. The number of benzene rings is 3. The van der Waals surface area contributed by atoms with Crippen LogP contribution in [-0.4, -0.2) is 35.2 Å². The van der Waals surface area contributed by atoms with Gasteiger partial charge in [0.05, 0.1) is 5.02 Å². The molecule has 1 atom stereocenters. The van der Waals surface area contributed by atoms with Crippen LogP contribution in [0.25, 0.3) is 11.1 Å². The number of aliphatic carboxylic acids is 1. The summed E-state index contributed by atoms with van der Waals surface area (Å²) in [6, 6.07) is 19.7. The second-order valence-corrected chi connectivity index (χ2v) is 8.77. The number of halogens is 2. The molecule has 5 nitrogen and oxygen atoms in total. The zero-order valence-corrected chi connectivity index (χ0v) is 19.6. The number of ether oxygens (including phenoxy) is 1. The lowest BCUT2D eigenvalue weighted by atomic mass is 9.98. The van der Waals surface area contributed by atoms with Gasteiger partial charge in [0, 0.05) is 16.9 Å². The van der Waals surface area contributed by atoms with Crippen molar-refractivity contribution in [3.05, 3.63) is 92.9 Å². The van der Waals surface area contributed by atoms with E-state index >= 15 is 0 Å². The normalized spacial score (nSPS) is 13.2. The smallest absolute Gasteiger partial charge is 0.410 e. The van der Waals surface area contributed by atoms with Gasteiger partial charge in [-0.1, -0.05) is 66.2 Å². The number of fused-ring (bicyclic) bond motifs is 3. The molecule has 1 N–H and O–H groups in total. The molecule has 0 radical (unpaired) electrons. The molecule has 0 heterocycles. The monoisotopic (exact) mass is 513 g/mol. The first-order valence-corrected chi connectivity index (χ1v) is 11.4. The van der Waals surface area contributed by atoms with Gasteiger partial charge in [0.25, 0.3) is 0 Å². The van der Waals surface area contributed by atoms with E-state index in [2.05, 4.69) is 28.1 Å². The van der Waals surface area contributed by atoms with Crippen molar-refractivity contribution < 1.29 is 19.4 Å². The summed E-state index contributed by atoms with van der Waals surface area (Å²) in [7, 11) is 0. The van der Waals surface area contributed by atoms with Crippen LogP contribution in [0.2, 0.25) is 5.02 Å². The third-order valence-corrected chi connectivity index (χ3v) is 6.93. The summed E-state index contributed by atoms with van der Waals surface area (Å²) < 4.78 is 6.25. The van der Waals surface area contributed by atoms with Gasteiger partial charge in [-0.2, -0.15) is 0 Å². The summed E-state index contributed by atoms with van der Waals surface area (Å²) in [5.41, 5.74) is 4.89. The number of carboxylic acids is 1. The first kappa shape index (κ1) is 22.4. The minimum atomic E-state index is -1.19. The van der Waals surface area contributed by atoms with E-state index in [9.17, 15) is 14.7 Å². The minimum Gasteiger partial charge on any atom is -0.479 e. The molecular formula is C25H21BrClNO4. The molecule has 3 aromatic rings. The second kappa shape index (κ2) is 9.35. The quantitative estimate of drug-likeness (QED) is 0.408. The lowest BCUT2D eigenvalue weighted by Gasteiger charge is -2.28. The molecular weight excluding hydrogens is 494 g/mol. The Kier molecular flexibility index (Phi) is 6.53. The third-order valence-electron chi connectivity index (χ3n) is 5.72. The van der Waals surface area contributed by atoms with Crippen LogP contribution in [0.4, 0.5) is 4.79 Å². The molecule has 7 heteroatoms. The lowest BCUT2D eigenvalue weighted by Crippen LogP contribution is -2.39. The van der Waals surface area contributed by atoms with Crippen LogP contribution in [0.3, 0.4) is 0 Å². The minimum absolute atomic E-state index is 0.0991. The Morgan fingerprint density at radius 3 is 2.19 bits per heavy atom. The van der Waals surface area contributed by atoms with Crippen LogP contribution in [-0.2, 0) is 9.53 Å². The van der Waals surface area contributed by atoms with Crippen LogP contribution in [0, 0.1) is 0 Å². The molecule has 0 bridgehead atoms. The molecule has 0 fully saturated rings. The number of carbonyl (C=O) groups is 2. The van der Waals surface area contributed by atoms with E-state index in [1.54, 1.807) is 25.1 Å². The highest BCUT2D eigenvalue weighted by Gasteiger charge is 2.34. The Hall–Kier alpha value is -2.83. The van der Waals surface area contributed by atoms with E-state index in [1.165, 1.54) is 4.90 Å². The van der Waals surface area contributed by atoms with Crippen LogP contribution in [0.15, 0.2) is 71.2 Å². The molecule has 164 valence electrons. The topological polar surface area (TPSA) is 66.8 Å². The van der Waals surface area contributed by atoms with Crippen molar-refractivity contribution in [2.75, 3.05) is 13.2 Å². The number of hydrogen-bond acceptors (Lipinski definition) is 3. The van der Waals surface area contributed by atoms with Crippen molar-refractivity contribution in [2.45, 2.75) is 18.9 Å². The van der Waals surface area contributed by atoms with Gasteiger partial charge in [-0.15, -0.1) is 0 Å².